The Morgan fingerprint density at radius 1 is 0.828 bits per heavy atom. The predicted octanol–water partition coefficient (Wildman–Crippen LogP) is 5.85. The number of carbonyl (C=O) groups is 1. The number of hydrogen-bond donors (Lipinski definition) is 0. The third-order valence-electron chi connectivity index (χ3n) is 8.85. The van der Waals surface area contributed by atoms with Gasteiger partial charge in [0, 0.05) is 0 Å². The fraction of sp³-hybridized carbons (Fsp3) is 0.593. The fourth-order valence-corrected chi connectivity index (χ4v) is 6.67. The van der Waals surface area contributed by atoms with Gasteiger partial charge in [-0.1, -0.05) is 30.9 Å². The van der Waals surface area contributed by atoms with Gasteiger partial charge in [-0.05, 0) is 109 Å². The molecule has 5 aliphatic carbocycles. The van der Waals surface area contributed by atoms with E-state index in [4.69, 9.17) is 4.74 Å². The van der Waals surface area contributed by atoms with Crippen molar-refractivity contribution in [2.45, 2.75) is 32.1 Å². The molecule has 0 saturated heterocycles. The lowest BCUT2D eigenvalue weighted by atomic mass is 10.1. The first-order valence-electron chi connectivity index (χ1n) is 11.7. The third-order valence-corrected chi connectivity index (χ3v) is 8.85. The molecule has 29 heavy (non-hydrogen) atoms. The molecule has 0 bridgehead atoms. The molecule has 0 heterocycles. The van der Waals surface area contributed by atoms with Crippen molar-refractivity contribution in [3.05, 3.63) is 54.6 Å². The quantitative estimate of drug-likeness (QED) is 0.392. The van der Waals surface area contributed by atoms with Crippen molar-refractivity contribution in [3.8, 4) is 0 Å². The second-order valence-electron chi connectivity index (χ2n) is 10.6. The Balaban J connectivity index is 0.923. The minimum Gasteiger partial charge on any atom is -0.462 e. The molecule has 0 aliphatic heterocycles. The van der Waals surface area contributed by atoms with Crippen LogP contribution >= 0.6 is 0 Å². The maximum atomic E-state index is 12.3. The molecular weight excluding hydrogens is 356 g/mol. The lowest BCUT2D eigenvalue weighted by Crippen LogP contribution is -2.08. The van der Waals surface area contributed by atoms with Gasteiger partial charge in [-0.2, -0.15) is 0 Å². The number of benzene rings is 1. The van der Waals surface area contributed by atoms with Crippen LogP contribution in [0.25, 0.3) is 6.08 Å². The third kappa shape index (κ3) is 3.39. The van der Waals surface area contributed by atoms with Crippen LogP contribution in [0.4, 0.5) is 0 Å². The molecule has 2 nitrogen and oxygen atoms in total. The molecule has 6 rings (SSSR count). The lowest BCUT2D eigenvalue weighted by Gasteiger charge is -2.05. The molecular formula is C27H32O2. The monoisotopic (exact) mass is 388 g/mol. The van der Waals surface area contributed by atoms with Crippen molar-refractivity contribution in [3.63, 3.8) is 0 Å². The molecule has 2 heteroatoms. The van der Waals surface area contributed by atoms with Gasteiger partial charge in [-0.3, -0.25) is 0 Å². The number of ether oxygens (including phenoxy) is 1. The van der Waals surface area contributed by atoms with E-state index in [-0.39, 0.29) is 5.97 Å². The van der Waals surface area contributed by atoms with Crippen LogP contribution < -0.4 is 0 Å². The first kappa shape index (κ1) is 18.0. The van der Waals surface area contributed by atoms with Crippen LogP contribution in [0.2, 0.25) is 0 Å². The van der Waals surface area contributed by atoms with Gasteiger partial charge in [0.1, 0.15) is 0 Å². The van der Waals surface area contributed by atoms with E-state index in [9.17, 15) is 4.79 Å². The maximum absolute atomic E-state index is 12.3. The number of esters is 1. The van der Waals surface area contributed by atoms with Gasteiger partial charge >= 0.3 is 5.97 Å². The molecule has 0 radical (unpaired) electrons. The van der Waals surface area contributed by atoms with Crippen molar-refractivity contribution < 1.29 is 9.53 Å². The predicted molar refractivity (Wildman–Crippen MR) is 115 cm³/mol. The highest BCUT2D eigenvalue weighted by Crippen LogP contribution is 2.72. The molecule has 0 amide bonds. The Morgan fingerprint density at radius 2 is 1.41 bits per heavy atom. The van der Waals surface area contributed by atoms with Crippen LogP contribution in [0, 0.1) is 59.2 Å². The maximum Gasteiger partial charge on any atom is 0.338 e. The van der Waals surface area contributed by atoms with Crippen molar-refractivity contribution in [1.29, 1.82) is 0 Å². The number of rotatable bonds is 9. The smallest absolute Gasteiger partial charge is 0.338 e. The molecule has 0 unspecified atom stereocenters. The minimum atomic E-state index is -0.182. The van der Waals surface area contributed by atoms with E-state index in [0.29, 0.717) is 18.1 Å². The second-order valence-corrected chi connectivity index (χ2v) is 10.6. The molecule has 1 aromatic carbocycles. The number of allylic oxidation sites excluding steroid dienone is 1. The summed E-state index contributed by atoms with van der Waals surface area (Å²) in [6.07, 6.45) is 11.2. The molecule has 0 N–H and O–H groups in total. The van der Waals surface area contributed by atoms with Gasteiger partial charge in [0.05, 0.1) is 12.2 Å². The molecule has 0 aromatic heterocycles. The van der Waals surface area contributed by atoms with Crippen LogP contribution in [-0.4, -0.2) is 12.6 Å². The van der Waals surface area contributed by atoms with E-state index in [1.807, 2.05) is 24.3 Å². The summed E-state index contributed by atoms with van der Waals surface area (Å²) in [6, 6.07) is 7.49. The molecule has 152 valence electrons. The lowest BCUT2D eigenvalue weighted by molar-refractivity contribution is 0.0478. The molecule has 5 aliphatic rings. The molecule has 5 saturated carbocycles. The van der Waals surface area contributed by atoms with Gasteiger partial charge < -0.3 is 4.74 Å². The summed E-state index contributed by atoms with van der Waals surface area (Å²) in [5.74, 6) is 9.31. The van der Waals surface area contributed by atoms with Crippen LogP contribution in [0.3, 0.4) is 0 Å². The first-order chi connectivity index (χ1) is 14.2. The van der Waals surface area contributed by atoms with Gasteiger partial charge in [-0.15, -0.1) is 6.58 Å². The van der Waals surface area contributed by atoms with Crippen molar-refractivity contribution in [1.82, 2.24) is 0 Å². The summed E-state index contributed by atoms with van der Waals surface area (Å²) in [5, 5.41) is 0. The highest BCUT2D eigenvalue weighted by atomic mass is 16.5. The number of carbonyl (C=O) groups excluding carboxylic acids is 1. The Hall–Kier alpha value is -1.83. The normalized spacial score (nSPS) is 45.8. The van der Waals surface area contributed by atoms with Crippen molar-refractivity contribution in [2.24, 2.45) is 59.2 Å². The van der Waals surface area contributed by atoms with E-state index in [0.717, 1.165) is 58.8 Å². The Morgan fingerprint density at radius 3 is 1.97 bits per heavy atom. The highest BCUT2D eigenvalue weighted by molar-refractivity contribution is 5.89. The number of hydrogen-bond acceptors (Lipinski definition) is 2. The summed E-state index contributed by atoms with van der Waals surface area (Å²) in [7, 11) is 0. The standard InChI is InChI=1S/C27H32O2/c1-3-15-5-7-17(8-6-15)27(28)29-14-18-10-20(18)22-12-24(22)26-13-25(26)23-11-21(23)19-9-16(19)4-2/h3-8,16,18-26H,1-2,9-14H2/t16-,18+,19-,20-,21+,22+,23-,24-,25+,26+/m1/s1. The van der Waals surface area contributed by atoms with E-state index in [1.54, 1.807) is 6.08 Å². The summed E-state index contributed by atoms with van der Waals surface area (Å²) < 4.78 is 5.61. The first-order valence-corrected chi connectivity index (χ1v) is 11.7. The van der Waals surface area contributed by atoms with Gasteiger partial charge in [0.2, 0.25) is 0 Å². The Bertz CT molecular complexity index is 839. The largest absolute Gasteiger partial charge is 0.462 e. The van der Waals surface area contributed by atoms with E-state index < -0.39 is 0 Å². The van der Waals surface area contributed by atoms with E-state index in [2.05, 4.69) is 19.2 Å². The topological polar surface area (TPSA) is 26.3 Å². The van der Waals surface area contributed by atoms with Gasteiger partial charge in [0.25, 0.3) is 0 Å². The molecule has 0 spiro atoms. The van der Waals surface area contributed by atoms with Gasteiger partial charge in [-0.25, -0.2) is 4.79 Å². The van der Waals surface area contributed by atoms with Crippen LogP contribution in [0.1, 0.15) is 48.0 Å². The zero-order chi connectivity index (χ0) is 19.7. The summed E-state index contributed by atoms with van der Waals surface area (Å²) in [6.45, 7) is 8.34. The molecule has 1 aromatic rings. The van der Waals surface area contributed by atoms with Crippen LogP contribution in [0.15, 0.2) is 43.5 Å². The minimum absolute atomic E-state index is 0.182. The fourth-order valence-electron chi connectivity index (χ4n) is 6.67. The summed E-state index contributed by atoms with van der Waals surface area (Å²) in [5.41, 5.74) is 1.67. The summed E-state index contributed by atoms with van der Waals surface area (Å²) >= 11 is 0. The Labute approximate surface area is 174 Å². The van der Waals surface area contributed by atoms with E-state index in [1.165, 1.54) is 32.1 Å². The molecule has 5 fully saturated rings. The summed E-state index contributed by atoms with van der Waals surface area (Å²) in [4.78, 5) is 12.3. The average Bonchev–Trinajstić information content (AvgIpc) is 3.57. The van der Waals surface area contributed by atoms with Crippen molar-refractivity contribution in [2.75, 3.05) is 6.61 Å². The second kappa shape index (κ2) is 6.59. The van der Waals surface area contributed by atoms with Gasteiger partial charge in [0.15, 0.2) is 0 Å². The van der Waals surface area contributed by atoms with E-state index >= 15 is 0 Å². The molecule has 10 atom stereocenters. The van der Waals surface area contributed by atoms with Crippen molar-refractivity contribution >= 4 is 12.0 Å². The van der Waals surface area contributed by atoms with Crippen LogP contribution in [-0.2, 0) is 4.74 Å². The SMILES string of the molecule is C=Cc1ccc(C(=O)OC[C@@H]2C[C@H]2[C@@H]2C[C@H]2[C@@H]2C[C@H]2[C@@H]2C[C@H]2[C@@H]2C[C@H]2C=C)cc1. The zero-order valence-corrected chi connectivity index (χ0v) is 17.2. The Kier molecular flexibility index (Phi) is 4.08. The average molecular weight is 389 g/mol. The highest BCUT2D eigenvalue weighted by Gasteiger charge is 2.65. The zero-order valence-electron chi connectivity index (χ0n) is 17.2. The van der Waals surface area contributed by atoms with Crippen LogP contribution in [0.5, 0.6) is 0 Å².